The maximum absolute atomic E-state index is 13.0. The van der Waals surface area contributed by atoms with E-state index in [4.69, 9.17) is 9.57 Å². The Balaban J connectivity index is 1.24. The van der Waals surface area contributed by atoms with Gasteiger partial charge in [-0.1, -0.05) is 30.3 Å². The number of hydrogen-bond acceptors (Lipinski definition) is 3. The highest BCUT2D eigenvalue weighted by Crippen LogP contribution is 2.64. The van der Waals surface area contributed by atoms with Crippen LogP contribution >= 0.6 is 0 Å². The number of carbonyl (C=O) groups excluding carboxylic acids is 1. The summed E-state index contributed by atoms with van der Waals surface area (Å²) in [7, 11) is 0. The SMILES string of the molecule is CC(C)(OC(=O)c1cc[n+](OCc2ccccc2)cc1)C12CC3CC(CC(C3)C1)C2. The molecule has 4 fully saturated rings. The third kappa shape index (κ3) is 3.61. The monoisotopic (exact) mass is 406 g/mol. The van der Waals surface area contributed by atoms with Crippen LogP contribution in [0.15, 0.2) is 54.9 Å². The minimum Gasteiger partial charge on any atom is -0.455 e. The molecule has 4 heteroatoms. The van der Waals surface area contributed by atoms with Crippen molar-refractivity contribution in [2.24, 2.45) is 23.2 Å². The second-order valence-corrected chi connectivity index (χ2v) is 10.3. The molecule has 0 saturated heterocycles. The molecule has 4 aliphatic rings. The van der Waals surface area contributed by atoms with Gasteiger partial charge in [0.2, 0.25) is 12.4 Å². The third-order valence-corrected chi connectivity index (χ3v) is 7.92. The Morgan fingerprint density at radius 2 is 1.53 bits per heavy atom. The molecule has 30 heavy (non-hydrogen) atoms. The van der Waals surface area contributed by atoms with Crippen LogP contribution in [-0.4, -0.2) is 11.6 Å². The van der Waals surface area contributed by atoms with Gasteiger partial charge in [0.05, 0.1) is 5.56 Å². The molecule has 0 amide bonds. The molecular weight excluding hydrogens is 374 g/mol. The Morgan fingerprint density at radius 1 is 0.967 bits per heavy atom. The van der Waals surface area contributed by atoms with Gasteiger partial charge in [0.25, 0.3) is 0 Å². The fraction of sp³-hybridized carbons (Fsp3) is 0.538. The molecule has 158 valence electrons. The van der Waals surface area contributed by atoms with E-state index >= 15 is 0 Å². The predicted molar refractivity (Wildman–Crippen MR) is 113 cm³/mol. The number of ether oxygens (including phenoxy) is 1. The first-order valence-corrected chi connectivity index (χ1v) is 11.3. The molecule has 1 heterocycles. The summed E-state index contributed by atoms with van der Waals surface area (Å²) in [5.74, 6) is 2.29. The summed E-state index contributed by atoms with van der Waals surface area (Å²) in [6.45, 7) is 4.77. The lowest BCUT2D eigenvalue weighted by atomic mass is 9.46. The van der Waals surface area contributed by atoms with Crippen molar-refractivity contribution < 1.29 is 19.1 Å². The normalized spacial score (nSPS) is 29.6. The van der Waals surface area contributed by atoms with Crippen molar-refractivity contribution in [2.45, 2.75) is 64.6 Å². The summed E-state index contributed by atoms with van der Waals surface area (Å²) in [5.41, 5.74) is 1.40. The van der Waals surface area contributed by atoms with E-state index in [0.717, 1.165) is 23.3 Å². The van der Waals surface area contributed by atoms with Crippen LogP contribution in [0.2, 0.25) is 0 Å². The Labute approximate surface area is 179 Å². The number of rotatable bonds is 6. The lowest BCUT2D eigenvalue weighted by Crippen LogP contribution is -2.57. The molecule has 0 spiro atoms. The smallest absolute Gasteiger partial charge is 0.339 e. The summed E-state index contributed by atoms with van der Waals surface area (Å²) in [4.78, 5) is 18.7. The van der Waals surface area contributed by atoms with E-state index in [2.05, 4.69) is 13.8 Å². The van der Waals surface area contributed by atoms with Crippen LogP contribution in [0.3, 0.4) is 0 Å². The van der Waals surface area contributed by atoms with Crippen molar-refractivity contribution in [3.8, 4) is 0 Å². The Kier molecular flexibility index (Phi) is 4.83. The number of pyridine rings is 1. The molecule has 1 aromatic heterocycles. The highest BCUT2D eigenvalue weighted by atomic mass is 16.7. The summed E-state index contributed by atoms with van der Waals surface area (Å²) >= 11 is 0. The Bertz CT molecular complexity index is 868. The topological polar surface area (TPSA) is 39.4 Å². The molecule has 4 nitrogen and oxygen atoms in total. The van der Waals surface area contributed by atoms with Gasteiger partial charge in [-0.2, -0.15) is 0 Å². The highest BCUT2D eigenvalue weighted by Gasteiger charge is 2.58. The second-order valence-electron chi connectivity index (χ2n) is 10.3. The van der Waals surface area contributed by atoms with E-state index in [0.29, 0.717) is 12.2 Å². The lowest BCUT2D eigenvalue weighted by molar-refractivity contribution is -0.895. The van der Waals surface area contributed by atoms with Crippen molar-refractivity contribution in [3.05, 3.63) is 66.0 Å². The minimum absolute atomic E-state index is 0.158. The van der Waals surface area contributed by atoms with E-state index in [1.54, 1.807) is 29.3 Å². The van der Waals surface area contributed by atoms with Crippen LogP contribution < -0.4 is 9.57 Å². The maximum atomic E-state index is 13.0. The number of nitrogens with zero attached hydrogens (tertiary/aromatic N) is 1. The zero-order valence-electron chi connectivity index (χ0n) is 18.0. The van der Waals surface area contributed by atoms with E-state index in [1.165, 1.54) is 38.5 Å². The molecule has 0 N–H and O–H groups in total. The van der Waals surface area contributed by atoms with Gasteiger partial charge in [0.15, 0.2) is 6.61 Å². The van der Waals surface area contributed by atoms with Gasteiger partial charge in [-0.3, -0.25) is 4.84 Å². The van der Waals surface area contributed by atoms with Gasteiger partial charge >= 0.3 is 5.97 Å². The fourth-order valence-electron chi connectivity index (χ4n) is 6.61. The molecule has 4 saturated carbocycles. The zero-order chi connectivity index (χ0) is 20.8. The van der Waals surface area contributed by atoms with Crippen molar-refractivity contribution in [3.63, 3.8) is 0 Å². The van der Waals surface area contributed by atoms with Crippen LogP contribution in [0, 0.1) is 23.2 Å². The van der Waals surface area contributed by atoms with Gasteiger partial charge in [-0.05, 0) is 75.7 Å². The molecule has 0 aliphatic heterocycles. The molecule has 1 aromatic carbocycles. The summed E-state index contributed by atoms with van der Waals surface area (Å²) in [6, 6.07) is 13.6. The highest BCUT2D eigenvalue weighted by molar-refractivity contribution is 5.89. The van der Waals surface area contributed by atoms with E-state index in [1.807, 2.05) is 30.3 Å². The quantitative estimate of drug-likeness (QED) is 0.513. The Morgan fingerprint density at radius 3 is 2.10 bits per heavy atom. The van der Waals surface area contributed by atoms with Crippen molar-refractivity contribution in [2.75, 3.05) is 0 Å². The van der Waals surface area contributed by atoms with Gasteiger partial charge in [-0.25, -0.2) is 4.79 Å². The molecule has 0 unspecified atom stereocenters. The average molecular weight is 407 g/mol. The molecule has 0 radical (unpaired) electrons. The lowest BCUT2D eigenvalue weighted by Gasteiger charge is -2.61. The predicted octanol–water partition coefficient (Wildman–Crippen LogP) is 4.75. The third-order valence-electron chi connectivity index (χ3n) is 7.92. The molecule has 2 aromatic rings. The average Bonchev–Trinajstić information content (AvgIpc) is 2.72. The molecular formula is C26H32NO3+. The number of benzene rings is 1. The largest absolute Gasteiger partial charge is 0.455 e. The summed E-state index contributed by atoms with van der Waals surface area (Å²) < 4.78 is 7.82. The Hall–Kier alpha value is -2.36. The van der Waals surface area contributed by atoms with Crippen LogP contribution in [0.4, 0.5) is 0 Å². The maximum Gasteiger partial charge on any atom is 0.339 e. The number of aromatic nitrogens is 1. The molecule has 0 atom stereocenters. The molecule has 4 aliphatic carbocycles. The van der Waals surface area contributed by atoms with Crippen LogP contribution in [-0.2, 0) is 11.3 Å². The standard InChI is InChI=1S/C26H32NO3/c1-25(2,26-15-20-12-21(16-26)14-22(13-20)17-26)30-24(28)23-8-10-27(11-9-23)29-18-19-6-4-3-5-7-19/h3-11,20-22H,12-18H2,1-2H3/q+1. The van der Waals surface area contributed by atoms with Crippen LogP contribution in [0.5, 0.6) is 0 Å². The van der Waals surface area contributed by atoms with Crippen LogP contribution in [0.25, 0.3) is 0 Å². The zero-order valence-corrected chi connectivity index (χ0v) is 18.0. The van der Waals surface area contributed by atoms with Crippen molar-refractivity contribution in [1.29, 1.82) is 0 Å². The van der Waals surface area contributed by atoms with Crippen molar-refractivity contribution >= 4 is 5.97 Å². The van der Waals surface area contributed by atoms with E-state index < -0.39 is 5.60 Å². The summed E-state index contributed by atoms with van der Waals surface area (Å²) in [6.07, 6.45) is 11.4. The van der Waals surface area contributed by atoms with Gasteiger partial charge < -0.3 is 4.74 Å². The fourth-order valence-corrected chi connectivity index (χ4v) is 6.61. The summed E-state index contributed by atoms with van der Waals surface area (Å²) in [5, 5.41) is 0. The first-order valence-electron chi connectivity index (χ1n) is 11.3. The molecule has 6 rings (SSSR count). The van der Waals surface area contributed by atoms with E-state index in [-0.39, 0.29) is 11.4 Å². The second kappa shape index (κ2) is 7.40. The number of hydrogen-bond donors (Lipinski definition) is 0. The number of esters is 1. The van der Waals surface area contributed by atoms with Crippen LogP contribution in [0.1, 0.15) is 68.3 Å². The first-order chi connectivity index (χ1) is 14.4. The first kappa shape index (κ1) is 19.6. The van der Waals surface area contributed by atoms with Gasteiger partial charge in [0, 0.05) is 22.3 Å². The number of carbonyl (C=O) groups is 1. The van der Waals surface area contributed by atoms with Crippen molar-refractivity contribution in [1.82, 2.24) is 0 Å². The van der Waals surface area contributed by atoms with E-state index in [9.17, 15) is 4.79 Å². The minimum atomic E-state index is -0.435. The van der Waals surface area contributed by atoms with Gasteiger partial charge in [0.1, 0.15) is 5.60 Å². The van der Waals surface area contributed by atoms with Gasteiger partial charge in [-0.15, -0.1) is 0 Å². The molecule has 4 bridgehead atoms.